The standard InChI is InChI=1S/C32H34FNO5/c1-3-37-31(35)30-26-17-21-16-23(6-7-25(21)29(26)30)39-18-22-15-20(5-9-27(22)33)24-8-10-28(34-19(24)2)38-14-4-11-32(36)12-13-32/h5-10,15-16,26,29-30,36H,3-4,11-14,17-18H2,1-2H3. The second-order valence-corrected chi connectivity index (χ2v) is 11.1. The van der Waals surface area contributed by atoms with Gasteiger partial charge in [-0.3, -0.25) is 4.79 Å². The van der Waals surface area contributed by atoms with Gasteiger partial charge >= 0.3 is 5.97 Å². The first-order chi connectivity index (χ1) is 18.8. The van der Waals surface area contributed by atoms with Crippen LogP contribution in [0.5, 0.6) is 11.6 Å². The van der Waals surface area contributed by atoms with Crippen molar-refractivity contribution in [3.05, 3.63) is 76.7 Å². The van der Waals surface area contributed by atoms with Gasteiger partial charge < -0.3 is 19.3 Å². The molecule has 2 fully saturated rings. The van der Waals surface area contributed by atoms with Gasteiger partial charge in [0.25, 0.3) is 0 Å². The predicted molar refractivity (Wildman–Crippen MR) is 144 cm³/mol. The van der Waals surface area contributed by atoms with Crippen LogP contribution in [0, 0.1) is 24.6 Å². The minimum Gasteiger partial charge on any atom is -0.489 e. The SMILES string of the molecule is CCOC(=O)C1C2Cc3cc(OCc4cc(-c5ccc(OCCCC6(O)CC6)nc5C)ccc4F)ccc3C21. The van der Waals surface area contributed by atoms with Gasteiger partial charge in [-0.1, -0.05) is 12.1 Å². The van der Waals surface area contributed by atoms with Crippen molar-refractivity contribution < 1.29 is 28.5 Å². The van der Waals surface area contributed by atoms with E-state index in [-0.39, 0.29) is 30.2 Å². The molecule has 1 aromatic heterocycles. The Balaban J connectivity index is 1.08. The topological polar surface area (TPSA) is 77.9 Å². The number of carbonyl (C=O) groups is 1. The number of fused-ring (bicyclic) bond motifs is 3. The minimum atomic E-state index is -0.462. The van der Waals surface area contributed by atoms with Crippen molar-refractivity contribution in [2.45, 2.75) is 64.1 Å². The quantitative estimate of drug-likeness (QED) is 0.245. The lowest BCUT2D eigenvalue weighted by Crippen LogP contribution is -2.11. The maximum atomic E-state index is 14.7. The molecule has 2 aromatic carbocycles. The second kappa shape index (κ2) is 10.3. The summed E-state index contributed by atoms with van der Waals surface area (Å²) in [5.74, 6) is 1.40. The van der Waals surface area contributed by atoms with Gasteiger partial charge in [-0.25, -0.2) is 9.37 Å². The highest BCUT2D eigenvalue weighted by Crippen LogP contribution is 2.62. The molecule has 3 aromatic rings. The zero-order valence-electron chi connectivity index (χ0n) is 22.4. The summed E-state index contributed by atoms with van der Waals surface area (Å²) in [7, 11) is 0. The number of halogens is 1. The van der Waals surface area contributed by atoms with Crippen molar-refractivity contribution in [1.29, 1.82) is 0 Å². The van der Waals surface area contributed by atoms with Crippen LogP contribution in [0.25, 0.3) is 11.1 Å². The first-order valence-electron chi connectivity index (χ1n) is 13.9. The molecule has 3 unspecified atom stereocenters. The third-order valence-electron chi connectivity index (χ3n) is 8.33. The first kappa shape index (κ1) is 25.8. The Hall–Kier alpha value is -3.45. The molecule has 2 saturated carbocycles. The molecule has 0 radical (unpaired) electrons. The van der Waals surface area contributed by atoms with Gasteiger partial charge in [0.15, 0.2) is 0 Å². The van der Waals surface area contributed by atoms with E-state index in [9.17, 15) is 14.3 Å². The number of pyridine rings is 1. The first-order valence-corrected chi connectivity index (χ1v) is 13.9. The molecule has 1 heterocycles. The summed E-state index contributed by atoms with van der Waals surface area (Å²) in [5.41, 5.74) is 4.97. The van der Waals surface area contributed by atoms with Crippen LogP contribution in [0.3, 0.4) is 0 Å². The van der Waals surface area contributed by atoms with Crippen LogP contribution < -0.4 is 9.47 Å². The van der Waals surface area contributed by atoms with Crippen molar-refractivity contribution in [3.8, 4) is 22.8 Å². The van der Waals surface area contributed by atoms with Gasteiger partial charge in [0, 0.05) is 28.8 Å². The molecular weight excluding hydrogens is 497 g/mol. The third-order valence-corrected chi connectivity index (χ3v) is 8.33. The fourth-order valence-electron chi connectivity index (χ4n) is 5.95. The molecule has 0 saturated heterocycles. The van der Waals surface area contributed by atoms with Gasteiger partial charge in [0.1, 0.15) is 18.2 Å². The molecule has 39 heavy (non-hydrogen) atoms. The molecule has 3 atom stereocenters. The highest BCUT2D eigenvalue weighted by molar-refractivity contribution is 5.79. The Bertz CT molecular complexity index is 1400. The molecule has 204 valence electrons. The predicted octanol–water partition coefficient (Wildman–Crippen LogP) is 5.91. The number of aryl methyl sites for hydroxylation is 1. The van der Waals surface area contributed by atoms with Crippen LogP contribution in [0.4, 0.5) is 4.39 Å². The van der Waals surface area contributed by atoms with E-state index in [1.165, 1.54) is 17.2 Å². The van der Waals surface area contributed by atoms with E-state index in [1.807, 2.05) is 50.2 Å². The molecule has 0 spiro atoms. The number of esters is 1. The molecule has 0 amide bonds. The summed E-state index contributed by atoms with van der Waals surface area (Å²) in [5, 5.41) is 9.94. The van der Waals surface area contributed by atoms with Crippen molar-refractivity contribution in [3.63, 3.8) is 0 Å². The molecule has 3 aliphatic carbocycles. The number of aliphatic hydroxyl groups is 1. The Kier molecular flexibility index (Phi) is 6.79. The largest absolute Gasteiger partial charge is 0.489 e. The van der Waals surface area contributed by atoms with E-state index < -0.39 is 5.60 Å². The minimum absolute atomic E-state index is 0.0132. The van der Waals surface area contributed by atoms with E-state index in [0.29, 0.717) is 36.3 Å². The van der Waals surface area contributed by atoms with Crippen LogP contribution in [-0.4, -0.2) is 34.9 Å². The van der Waals surface area contributed by atoms with E-state index in [4.69, 9.17) is 14.2 Å². The number of hydrogen-bond acceptors (Lipinski definition) is 6. The molecule has 6 nitrogen and oxygen atoms in total. The van der Waals surface area contributed by atoms with Crippen molar-refractivity contribution in [2.24, 2.45) is 11.8 Å². The van der Waals surface area contributed by atoms with Crippen molar-refractivity contribution >= 4 is 5.97 Å². The van der Waals surface area contributed by atoms with Gasteiger partial charge in [-0.15, -0.1) is 0 Å². The van der Waals surface area contributed by atoms with Crippen LogP contribution in [0.15, 0.2) is 48.5 Å². The number of carbonyl (C=O) groups excluding carboxylic acids is 1. The summed E-state index contributed by atoms with van der Waals surface area (Å²) in [6.45, 7) is 4.78. The third kappa shape index (κ3) is 5.37. The summed E-state index contributed by atoms with van der Waals surface area (Å²) in [6, 6.07) is 14.8. The number of benzene rings is 2. The number of nitrogens with zero attached hydrogens (tertiary/aromatic N) is 1. The summed E-state index contributed by atoms with van der Waals surface area (Å²) in [4.78, 5) is 16.7. The lowest BCUT2D eigenvalue weighted by molar-refractivity contribution is -0.145. The highest BCUT2D eigenvalue weighted by Gasteiger charge is 2.60. The lowest BCUT2D eigenvalue weighted by atomic mass is 10.0. The van der Waals surface area contributed by atoms with Crippen LogP contribution in [0.2, 0.25) is 0 Å². The van der Waals surface area contributed by atoms with E-state index in [1.54, 1.807) is 6.07 Å². The number of ether oxygens (including phenoxy) is 3. The number of hydrogen-bond donors (Lipinski definition) is 1. The van der Waals surface area contributed by atoms with E-state index >= 15 is 0 Å². The monoisotopic (exact) mass is 531 g/mol. The van der Waals surface area contributed by atoms with E-state index in [2.05, 4.69) is 4.98 Å². The van der Waals surface area contributed by atoms with Crippen LogP contribution in [0.1, 0.15) is 60.9 Å². The number of rotatable bonds is 11. The van der Waals surface area contributed by atoms with Crippen LogP contribution in [-0.2, 0) is 22.6 Å². The lowest BCUT2D eigenvalue weighted by Gasteiger charge is -2.13. The Labute approximate surface area is 228 Å². The molecule has 1 N–H and O–H groups in total. The summed E-state index contributed by atoms with van der Waals surface area (Å²) < 4.78 is 31.7. The maximum Gasteiger partial charge on any atom is 0.309 e. The molecular formula is C32H34FNO5. The van der Waals surface area contributed by atoms with Crippen LogP contribution >= 0.6 is 0 Å². The second-order valence-electron chi connectivity index (χ2n) is 11.1. The summed E-state index contributed by atoms with van der Waals surface area (Å²) >= 11 is 0. The normalized spacial score (nSPS) is 21.6. The fourth-order valence-corrected chi connectivity index (χ4v) is 5.95. The Morgan fingerprint density at radius 3 is 2.74 bits per heavy atom. The molecule has 0 aliphatic heterocycles. The van der Waals surface area contributed by atoms with Gasteiger partial charge in [-0.2, -0.15) is 0 Å². The Morgan fingerprint density at radius 1 is 1.13 bits per heavy atom. The zero-order valence-corrected chi connectivity index (χ0v) is 22.4. The average Bonchev–Trinajstić information content (AvgIpc) is 3.80. The van der Waals surface area contributed by atoms with Crippen molar-refractivity contribution in [2.75, 3.05) is 13.2 Å². The fraction of sp³-hybridized carbons (Fsp3) is 0.438. The number of aromatic nitrogens is 1. The van der Waals surface area contributed by atoms with Gasteiger partial charge in [-0.05, 0) is 98.9 Å². The van der Waals surface area contributed by atoms with Crippen molar-refractivity contribution in [1.82, 2.24) is 4.98 Å². The maximum absolute atomic E-state index is 14.7. The molecule has 6 rings (SSSR count). The smallest absolute Gasteiger partial charge is 0.309 e. The molecule has 0 bridgehead atoms. The highest BCUT2D eigenvalue weighted by atomic mass is 19.1. The average molecular weight is 532 g/mol. The Morgan fingerprint density at radius 2 is 1.97 bits per heavy atom. The zero-order chi connectivity index (χ0) is 27.1. The van der Waals surface area contributed by atoms with Gasteiger partial charge in [0.05, 0.1) is 24.7 Å². The summed E-state index contributed by atoms with van der Waals surface area (Å²) in [6.07, 6.45) is 4.17. The van der Waals surface area contributed by atoms with E-state index in [0.717, 1.165) is 48.9 Å². The molecule has 3 aliphatic rings. The van der Waals surface area contributed by atoms with Gasteiger partial charge in [0.2, 0.25) is 5.88 Å². The molecule has 7 heteroatoms.